The first kappa shape index (κ1) is 29.2. The zero-order valence-corrected chi connectivity index (χ0v) is 16.9. The van der Waals surface area contributed by atoms with Crippen molar-refractivity contribution in [2.45, 2.75) is 11.0 Å². The van der Waals surface area contributed by atoms with Crippen LogP contribution in [-0.4, -0.2) is 93.9 Å². The molecule has 0 atom stereocenters. The molecule has 0 N–H and O–H groups in total. The first-order valence-electron chi connectivity index (χ1n) is 7.93. The van der Waals surface area contributed by atoms with Gasteiger partial charge in [-0.3, -0.25) is 8.37 Å². The van der Waals surface area contributed by atoms with Crippen molar-refractivity contribution in [1.82, 2.24) is 0 Å². The van der Waals surface area contributed by atoms with Crippen molar-refractivity contribution in [3.8, 4) is 0 Å². The van der Waals surface area contributed by atoms with Gasteiger partial charge in [0.1, 0.15) is 0 Å². The standard InChI is InChI=1S/C12H20F6O10S2/c13-11(14,15)29(19,20)27-9-7-25-5-3-23-1-2-24-4-6-26-8-10-28-30(21,22)12(16,17)18/h1-10H2. The summed E-state index contributed by atoms with van der Waals surface area (Å²) in [4.78, 5) is 0. The van der Waals surface area contributed by atoms with Gasteiger partial charge in [-0.2, -0.15) is 43.2 Å². The maximum absolute atomic E-state index is 11.9. The second-order valence-electron chi connectivity index (χ2n) is 4.89. The van der Waals surface area contributed by atoms with Crippen molar-refractivity contribution in [2.24, 2.45) is 0 Å². The van der Waals surface area contributed by atoms with E-state index in [0.29, 0.717) is 0 Å². The predicted molar refractivity (Wildman–Crippen MR) is 85.1 cm³/mol. The lowest BCUT2D eigenvalue weighted by Crippen LogP contribution is -2.27. The van der Waals surface area contributed by atoms with Gasteiger partial charge in [0, 0.05) is 0 Å². The number of rotatable bonds is 17. The number of hydrogen-bond donors (Lipinski definition) is 0. The fourth-order valence-electron chi connectivity index (χ4n) is 1.30. The Morgan fingerprint density at radius 1 is 0.433 bits per heavy atom. The summed E-state index contributed by atoms with van der Waals surface area (Å²) in [5.41, 5.74) is -11.0. The van der Waals surface area contributed by atoms with E-state index in [-0.39, 0.29) is 39.6 Å². The van der Waals surface area contributed by atoms with E-state index >= 15 is 0 Å². The molecule has 182 valence electrons. The lowest BCUT2D eigenvalue weighted by atomic mass is 10.7. The molecule has 0 unspecified atom stereocenters. The smallest absolute Gasteiger partial charge is 0.377 e. The van der Waals surface area contributed by atoms with Crippen molar-refractivity contribution in [1.29, 1.82) is 0 Å². The number of ether oxygens (including phenoxy) is 4. The van der Waals surface area contributed by atoms with Gasteiger partial charge >= 0.3 is 31.3 Å². The zero-order valence-electron chi connectivity index (χ0n) is 15.2. The minimum Gasteiger partial charge on any atom is -0.377 e. The van der Waals surface area contributed by atoms with E-state index in [2.05, 4.69) is 8.37 Å². The van der Waals surface area contributed by atoms with E-state index < -0.39 is 57.7 Å². The van der Waals surface area contributed by atoms with Gasteiger partial charge in [0.05, 0.1) is 66.1 Å². The third-order valence-corrected chi connectivity index (χ3v) is 4.70. The Morgan fingerprint density at radius 2 is 0.633 bits per heavy atom. The minimum absolute atomic E-state index is 0.0386. The summed E-state index contributed by atoms with van der Waals surface area (Å²) in [5.74, 6) is 0. The highest BCUT2D eigenvalue weighted by Crippen LogP contribution is 2.24. The van der Waals surface area contributed by atoms with Crippen LogP contribution in [0.25, 0.3) is 0 Å². The van der Waals surface area contributed by atoms with E-state index in [1.807, 2.05) is 0 Å². The van der Waals surface area contributed by atoms with Crippen molar-refractivity contribution < 1.29 is 70.5 Å². The van der Waals surface area contributed by atoms with Crippen LogP contribution < -0.4 is 0 Å². The van der Waals surface area contributed by atoms with E-state index in [0.717, 1.165) is 0 Å². The van der Waals surface area contributed by atoms with Crippen molar-refractivity contribution in [3.63, 3.8) is 0 Å². The SMILES string of the molecule is O=S(=O)(OCCOCCOCCOCCOCCOS(=O)(=O)C(F)(F)F)C(F)(F)F. The van der Waals surface area contributed by atoms with Gasteiger partial charge in [0.2, 0.25) is 0 Å². The summed E-state index contributed by atoms with van der Waals surface area (Å²) in [6, 6.07) is 0. The van der Waals surface area contributed by atoms with Crippen molar-refractivity contribution in [3.05, 3.63) is 0 Å². The third kappa shape index (κ3) is 12.8. The average Bonchev–Trinajstić information content (AvgIpc) is 2.59. The fraction of sp³-hybridized carbons (Fsp3) is 1.00. The Balaban J connectivity index is 3.42. The van der Waals surface area contributed by atoms with Crippen molar-refractivity contribution in [2.75, 3.05) is 66.1 Å². The molecule has 10 nitrogen and oxygen atoms in total. The molecule has 0 heterocycles. The van der Waals surface area contributed by atoms with E-state index in [4.69, 9.17) is 18.9 Å². The largest absolute Gasteiger partial charge is 0.523 e. The van der Waals surface area contributed by atoms with Crippen LogP contribution in [0, 0.1) is 0 Å². The van der Waals surface area contributed by atoms with Crippen LogP contribution in [0.2, 0.25) is 0 Å². The topological polar surface area (TPSA) is 124 Å². The van der Waals surface area contributed by atoms with Gasteiger partial charge in [-0.1, -0.05) is 0 Å². The second kappa shape index (κ2) is 13.6. The van der Waals surface area contributed by atoms with Crippen LogP contribution in [0.1, 0.15) is 0 Å². The lowest BCUT2D eigenvalue weighted by Gasteiger charge is -2.09. The van der Waals surface area contributed by atoms with Crippen molar-refractivity contribution >= 4 is 20.2 Å². The number of alkyl halides is 6. The summed E-state index contributed by atoms with van der Waals surface area (Å²) in [7, 11) is -11.3. The Bertz CT molecular complexity index is 604. The van der Waals surface area contributed by atoms with Crippen LogP contribution in [-0.2, 0) is 47.5 Å². The van der Waals surface area contributed by atoms with Crippen LogP contribution in [0.15, 0.2) is 0 Å². The summed E-state index contributed by atoms with van der Waals surface area (Å²) in [6.45, 7) is -2.21. The molecule has 30 heavy (non-hydrogen) atoms. The predicted octanol–water partition coefficient (Wildman–Crippen LogP) is 0.785. The molecule has 0 saturated carbocycles. The highest BCUT2D eigenvalue weighted by atomic mass is 32.2. The molecule has 0 aromatic heterocycles. The van der Waals surface area contributed by atoms with Crippen LogP contribution in [0.5, 0.6) is 0 Å². The Morgan fingerprint density at radius 3 is 0.833 bits per heavy atom. The first-order chi connectivity index (χ1) is 13.7. The fourth-order valence-corrected chi connectivity index (χ4v) is 2.14. The molecule has 0 aromatic carbocycles. The van der Waals surface area contributed by atoms with E-state index in [1.54, 1.807) is 0 Å². The molecule has 0 aromatic rings. The Kier molecular flexibility index (Phi) is 13.3. The minimum atomic E-state index is -5.64. The molecule has 0 aliphatic rings. The lowest BCUT2D eigenvalue weighted by molar-refractivity contribution is -0.0569. The summed E-state index contributed by atoms with van der Waals surface area (Å²) >= 11 is 0. The van der Waals surface area contributed by atoms with Crippen LogP contribution in [0.3, 0.4) is 0 Å². The number of hydrogen-bond acceptors (Lipinski definition) is 10. The molecule has 0 amide bonds. The summed E-state index contributed by atoms with van der Waals surface area (Å²) in [6.07, 6.45) is 0. The van der Waals surface area contributed by atoms with Gasteiger partial charge in [-0.25, -0.2) is 0 Å². The van der Waals surface area contributed by atoms with Gasteiger partial charge in [0.15, 0.2) is 0 Å². The zero-order chi connectivity index (χ0) is 23.3. The molecule has 0 spiro atoms. The monoisotopic (exact) mass is 502 g/mol. The molecule has 18 heteroatoms. The molecule has 0 aliphatic carbocycles. The maximum Gasteiger partial charge on any atom is 0.523 e. The summed E-state index contributed by atoms with van der Waals surface area (Å²) in [5, 5.41) is 0. The average molecular weight is 502 g/mol. The quantitative estimate of drug-likeness (QED) is 0.122. The van der Waals surface area contributed by atoms with Crippen LogP contribution in [0.4, 0.5) is 26.3 Å². The Hall–Kier alpha value is -0.760. The molecule has 0 rings (SSSR count). The number of halogens is 6. The third-order valence-electron chi connectivity index (χ3n) is 2.62. The second-order valence-corrected chi connectivity index (χ2v) is 8.11. The highest BCUT2D eigenvalue weighted by molar-refractivity contribution is 7.87. The molecule has 0 fully saturated rings. The Labute approximate surface area is 168 Å². The molecule has 0 saturated heterocycles. The van der Waals surface area contributed by atoms with E-state index in [1.165, 1.54) is 0 Å². The molecule has 0 aliphatic heterocycles. The van der Waals surface area contributed by atoms with Gasteiger partial charge in [-0.05, 0) is 0 Å². The molecule has 0 bridgehead atoms. The molecule has 0 radical (unpaired) electrons. The first-order valence-corrected chi connectivity index (χ1v) is 10.7. The molecular formula is C12H20F6O10S2. The van der Waals surface area contributed by atoms with Crippen LogP contribution >= 0.6 is 0 Å². The van der Waals surface area contributed by atoms with Gasteiger partial charge in [-0.15, -0.1) is 0 Å². The summed E-state index contributed by atoms with van der Waals surface area (Å²) < 4.78 is 141. The van der Waals surface area contributed by atoms with Gasteiger partial charge < -0.3 is 18.9 Å². The van der Waals surface area contributed by atoms with E-state index in [9.17, 15) is 43.2 Å². The normalized spacial score (nSPS) is 13.7. The maximum atomic E-state index is 11.9. The highest BCUT2D eigenvalue weighted by Gasteiger charge is 2.47. The molecular weight excluding hydrogens is 482 g/mol. The van der Waals surface area contributed by atoms with Gasteiger partial charge in [0.25, 0.3) is 0 Å².